The van der Waals surface area contributed by atoms with Crippen LogP contribution in [0.4, 0.5) is 0 Å². The molecule has 1 amide bonds. The van der Waals surface area contributed by atoms with E-state index in [0.29, 0.717) is 24.6 Å². The van der Waals surface area contributed by atoms with Crippen LogP contribution < -0.4 is 10.1 Å². The number of nitrogens with one attached hydrogen (secondary N) is 1. The van der Waals surface area contributed by atoms with E-state index in [-0.39, 0.29) is 24.0 Å². The molecule has 0 heterocycles. The maximum Gasteiger partial charge on any atom is 0.257 e. The van der Waals surface area contributed by atoms with E-state index in [1.54, 1.807) is 6.92 Å². The summed E-state index contributed by atoms with van der Waals surface area (Å²) in [5, 5.41) is 12.3. The molecule has 0 spiro atoms. The van der Waals surface area contributed by atoms with E-state index in [1.165, 1.54) is 11.1 Å². The Labute approximate surface area is 140 Å². The van der Waals surface area contributed by atoms with Crippen LogP contribution in [0.3, 0.4) is 0 Å². The SMILES string of the molecule is Cc1cc(OCC(=O)NCC(C)(C)CC(C)O)ccc1C(C)C. The summed E-state index contributed by atoms with van der Waals surface area (Å²) in [6, 6.07) is 5.94. The highest BCUT2D eigenvalue weighted by Gasteiger charge is 2.21. The van der Waals surface area contributed by atoms with E-state index in [1.807, 2.05) is 26.0 Å². The van der Waals surface area contributed by atoms with Gasteiger partial charge in [0.1, 0.15) is 5.75 Å². The van der Waals surface area contributed by atoms with Gasteiger partial charge in [-0.05, 0) is 54.9 Å². The van der Waals surface area contributed by atoms with Gasteiger partial charge in [-0.3, -0.25) is 4.79 Å². The third kappa shape index (κ3) is 7.04. The molecule has 4 nitrogen and oxygen atoms in total. The van der Waals surface area contributed by atoms with Gasteiger partial charge in [-0.15, -0.1) is 0 Å². The van der Waals surface area contributed by atoms with Gasteiger partial charge in [0.05, 0.1) is 6.10 Å². The zero-order chi connectivity index (χ0) is 17.6. The molecule has 1 aromatic rings. The number of benzene rings is 1. The largest absolute Gasteiger partial charge is 0.484 e. The van der Waals surface area contributed by atoms with Crippen LogP contribution in [0, 0.1) is 12.3 Å². The monoisotopic (exact) mass is 321 g/mol. The molecule has 0 fully saturated rings. The molecule has 0 aromatic heterocycles. The lowest BCUT2D eigenvalue weighted by molar-refractivity contribution is -0.123. The second kappa shape index (κ2) is 8.34. The van der Waals surface area contributed by atoms with Gasteiger partial charge in [0.2, 0.25) is 0 Å². The summed E-state index contributed by atoms with van der Waals surface area (Å²) in [4.78, 5) is 11.9. The predicted molar refractivity (Wildman–Crippen MR) is 93.9 cm³/mol. The number of ether oxygens (including phenoxy) is 1. The van der Waals surface area contributed by atoms with Gasteiger partial charge in [0, 0.05) is 6.54 Å². The van der Waals surface area contributed by atoms with E-state index in [2.05, 4.69) is 32.2 Å². The van der Waals surface area contributed by atoms with Crippen LogP contribution >= 0.6 is 0 Å². The van der Waals surface area contributed by atoms with Crippen LogP contribution in [0.1, 0.15) is 58.1 Å². The van der Waals surface area contributed by atoms with Crippen molar-refractivity contribution >= 4 is 5.91 Å². The topological polar surface area (TPSA) is 58.6 Å². The van der Waals surface area contributed by atoms with Crippen molar-refractivity contribution in [3.8, 4) is 5.75 Å². The molecule has 0 aliphatic rings. The average Bonchev–Trinajstić information content (AvgIpc) is 2.41. The van der Waals surface area contributed by atoms with E-state index in [9.17, 15) is 9.90 Å². The maximum absolute atomic E-state index is 11.9. The van der Waals surface area contributed by atoms with E-state index < -0.39 is 0 Å². The number of rotatable bonds is 8. The summed E-state index contributed by atoms with van der Waals surface area (Å²) >= 11 is 0. The van der Waals surface area contributed by atoms with Gasteiger partial charge in [-0.2, -0.15) is 0 Å². The molecule has 0 bridgehead atoms. The number of aliphatic hydroxyl groups is 1. The lowest BCUT2D eigenvalue weighted by atomic mass is 9.87. The Bertz CT molecular complexity index is 521. The first-order chi connectivity index (χ1) is 10.6. The molecule has 0 aliphatic carbocycles. The first kappa shape index (κ1) is 19.5. The molecule has 0 aliphatic heterocycles. The fourth-order valence-corrected chi connectivity index (χ4v) is 2.80. The Kier molecular flexibility index (Phi) is 7.07. The highest BCUT2D eigenvalue weighted by Crippen LogP contribution is 2.23. The molecular formula is C19H31NO3. The van der Waals surface area contributed by atoms with E-state index >= 15 is 0 Å². The van der Waals surface area contributed by atoms with Gasteiger partial charge < -0.3 is 15.2 Å². The molecule has 23 heavy (non-hydrogen) atoms. The summed E-state index contributed by atoms with van der Waals surface area (Å²) in [6.07, 6.45) is 0.268. The fourth-order valence-electron chi connectivity index (χ4n) is 2.80. The first-order valence-corrected chi connectivity index (χ1v) is 8.29. The van der Waals surface area contributed by atoms with Gasteiger partial charge in [-0.25, -0.2) is 0 Å². The Morgan fingerprint density at radius 1 is 1.30 bits per heavy atom. The number of aliphatic hydroxyl groups excluding tert-OH is 1. The number of carbonyl (C=O) groups excluding carboxylic acids is 1. The summed E-state index contributed by atoms with van der Waals surface area (Å²) in [5.74, 6) is 1.04. The fraction of sp³-hybridized carbons (Fsp3) is 0.632. The summed E-state index contributed by atoms with van der Waals surface area (Å²) in [7, 11) is 0. The number of amides is 1. The molecule has 130 valence electrons. The molecule has 2 N–H and O–H groups in total. The van der Waals surface area contributed by atoms with Gasteiger partial charge in [-0.1, -0.05) is 33.8 Å². The highest BCUT2D eigenvalue weighted by molar-refractivity contribution is 5.77. The van der Waals surface area contributed by atoms with Crippen LogP contribution in [0.25, 0.3) is 0 Å². The Hall–Kier alpha value is -1.55. The quantitative estimate of drug-likeness (QED) is 0.771. The summed E-state index contributed by atoms with van der Waals surface area (Å²) in [6.45, 7) is 12.7. The molecule has 1 aromatic carbocycles. The van der Waals surface area contributed by atoms with Crippen molar-refractivity contribution in [2.24, 2.45) is 5.41 Å². The van der Waals surface area contributed by atoms with Crippen LogP contribution in [-0.4, -0.2) is 30.3 Å². The average molecular weight is 321 g/mol. The third-order valence-corrected chi connectivity index (χ3v) is 3.85. The molecule has 0 saturated carbocycles. The molecule has 1 unspecified atom stereocenters. The minimum Gasteiger partial charge on any atom is -0.484 e. The Morgan fingerprint density at radius 3 is 2.48 bits per heavy atom. The van der Waals surface area contributed by atoms with Crippen molar-refractivity contribution < 1.29 is 14.6 Å². The zero-order valence-electron chi connectivity index (χ0n) is 15.3. The van der Waals surface area contributed by atoms with Crippen molar-refractivity contribution in [3.63, 3.8) is 0 Å². The number of carbonyl (C=O) groups is 1. The van der Waals surface area contributed by atoms with Crippen LogP contribution in [-0.2, 0) is 4.79 Å². The smallest absolute Gasteiger partial charge is 0.257 e. The predicted octanol–water partition coefficient (Wildman–Crippen LogP) is 3.41. The second-order valence-corrected chi connectivity index (χ2v) is 7.46. The first-order valence-electron chi connectivity index (χ1n) is 8.29. The number of aryl methyl sites for hydroxylation is 1. The lowest BCUT2D eigenvalue weighted by Crippen LogP contribution is -2.38. The van der Waals surface area contributed by atoms with Crippen LogP contribution in [0.15, 0.2) is 18.2 Å². The number of hydrogen-bond acceptors (Lipinski definition) is 3. The van der Waals surface area contributed by atoms with Gasteiger partial charge in [0.25, 0.3) is 5.91 Å². The van der Waals surface area contributed by atoms with Crippen molar-refractivity contribution in [1.82, 2.24) is 5.32 Å². The maximum atomic E-state index is 11.9. The van der Waals surface area contributed by atoms with Gasteiger partial charge in [0.15, 0.2) is 6.61 Å². The van der Waals surface area contributed by atoms with Crippen molar-refractivity contribution in [3.05, 3.63) is 29.3 Å². The highest BCUT2D eigenvalue weighted by atomic mass is 16.5. The van der Waals surface area contributed by atoms with Crippen molar-refractivity contribution in [1.29, 1.82) is 0 Å². The summed E-state index contributed by atoms with van der Waals surface area (Å²) in [5.41, 5.74) is 2.33. The molecule has 0 radical (unpaired) electrons. The summed E-state index contributed by atoms with van der Waals surface area (Å²) < 4.78 is 5.57. The minimum absolute atomic E-state index is 0.00518. The normalized spacial score (nSPS) is 13.0. The van der Waals surface area contributed by atoms with Crippen molar-refractivity contribution in [2.45, 2.75) is 60.0 Å². The molecule has 0 saturated heterocycles. The lowest BCUT2D eigenvalue weighted by Gasteiger charge is -2.26. The Morgan fingerprint density at radius 2 is 1.96 bits per heavy atom. The standard InChI is InChI=1S/C19H31NO3/c1-13(2)17-8-7-16(9-14(17)3)23-11-18(22)20-12-19(5,6)10-15(4)21/h7-9,13,15,21H,10-12H2,1-6H3,(H,20,22). The number of hydrogen-bond donors (Lipinski definition) is 2. The van der Waals surface area contributed by atoms with E-state index in [0.717, 1.165) is 0 Å². The molecule has 1 atom stereocenters. The molecule has 1 rings (SSSR count). The zero-order valence-corrected chi connectivity index (χ0v) is 15.3. The third-order valence-electron chi connectivity index (χ3n) is 3.85. The Balaban J connectivity index is 2.46. The van der Waals surface area contributed by atoms with Crippen LogP contribution in [0.2, 0.25) is 0 Å². The van der Waals surface area contributed by atoms with Gasteiger partial charge >= 0.3 is 0 Å². The van der Waals surface area contributed by atoms with E-state index in [4.69, 9.17) is 4.74 Å². The second-order valence-electron chi connectivity index (χ2n) is 7.46. The molecular weight excluding hydrogens is 290 g/mol. The molecule has 4 heteroatoms. The van der Waals surface area contributed by atoms with Crippen molar-refractivity contribution in [2.75, 3.05) is 13.2 Å². The minimum atomic E-state index is -0.374. The van der Waals surface area contributed by atoms with Crippen LogP contribution in [0.5, 0.6) is 5.75 Å².